The van der Waals surface area contributed by atoms with E-state index in [2.05, 4.69) is 5.32 Å². The van der Waals surface area contributed by atoms with Crippen molar-refractivity contribution in [2.45, 2.75) is 6.92 Å². The molecular formula is C12H11NO2. The lowest BCUT2D eigenvalue weighted by Crippen LogP contribution is -2.10. The molecule has 15 heavy (non-hydrogen) atoms. The van der Waals surface area contributed by atoms with Crippen LogP contribution in [0.25, 0.3) is 0 Å². The van der Waals surface area contributed by atoms with Crippen molar-refractivity contribution in [1.82, 2.24) is 0 Å². The highest BCUT2D eigenvalue weighted by Crippen LogP contribution is 2.10. The molecule has 3 heteroatoms. The molecule has 3 nitrogen and oxygen atoms in total. The molecule has 0 fully saturated rings. The molecule has 0 aliphatic heterocycles. The molecule has 0 atom stereocenters. The summed E-state index contributed by atoms with van der Waals surface area (Å²) in [6.45, 7) is 2.00. The van der Waals surface area contributed by atoms with Crippen LogP contribution in [0.4, 0.5) is 5.69 Å². The Balaban J connectivity index is 2.09. The number of carbonyl (C=O) groups is 1. The van der Waals surface area contributed by atoms with Crippen LogP contribution in [0.5, 0.6) is 0 Å². The van der Waals surface area contributed by atoms with Crippen LogP contribution in [0, 0.1) is 6.92 Å². The summed E-state index contributed by atoms with van der Waals surface area (Å²) in [6, 6.07) is 10.9. The van der Waals surface area contributed by atoms with Crippen LogP contribution in [0.3, 0.4) is 0 Å². The Kier molecular flexibility index (Phi) is 2.54. The predicted octanol–water partition coefficient (Wildman–Crippen LogP) is 2.84. The van der Waals surface area contributed by atoms with E-state index in [0.29, 0.717) is 5.76 Å². The number of hydrogen-bond acceptors (Lipinski definition) is 2. The molecular weight excluding hydrogens is 190 g/mol. The van der Waals surface area contributed by atoms with E-state index in [9.17, 15) is 4.79 Å². The molecule has 0 saturated carbocycles. The molecule has 1 heterocycles. The van der Waals surface area contributed by atoms with Crippen molar-refractivity contribution in [2.24, 2.45) is 0 Å². The summed E-state index contributed by atoms with van der Waals surface area (Å²) in [7, 11) is 0. The van der Waals surface area contributed by atoms with Crippen LogP contribution in [0.1, 0.15) is 16.1 Å². The Bertz CT molecular complexity index is 443. The first-order valence-electron chi connectivity index (χ1n) is 4.67. The van der Waals surface area contributed by atoms with Crippen molar-refractivity contribution in [3.8, 4) is 0 Å². The minimum Gasteiger partial charge on any atom is -0.459 e. The zero-order valence-corrected chi connectivity index (χ0v) is 8.36. The highest BCUT2D eigenvalue weighted by atomic mass is 16.3. The number of furan rings is 1. The van der Waals surface area contributed by atoms with E-state index in [1.807, 2.05) is 31.2 Å². The average Bonchev–Trinajstić information content (AvgIpc) is 2.74. The van der Waals surface area contributed by atoms with Crippen LogP contribution >= 0.6 is 0 Å². The normalized spacial score (nSPS) is 9.93. The second-order valence-electron chi connectivity index (χ2n) is 3.30. The lowest BCUT2D eigenvalue weighted by molar-refractivity contribution is 0.0996. The molecule has 0 radical (unpaired) electrons. The zero-order chi connectivity index (χ0) is 10.7. The number of anilines is 1. The molecule has 1 aromatic heterocycles. The summed E-state index contributed by atoms with van der Waals surface area (Å²) in [5.74, 6) is 0.0828. The summed E-state index contributed by atoms with van der Waals surface area (Å²) in [4.78, 5) is 11.6. The lowest BCUT2D eigenvalue weighted by atomic mass is 10.2. The Morgan fingerprint density at radius 3 is 2.53 bits per heavy atom. The highest BCUT2D eigenvalue weighted by molar-refractivity contribution is 6.02. The maximum absolute atomic E-state index is 11.6. The van der Waals surface area contributed by atoms with Crippen molar-refractivity contribution in [2.75, 3.05) is 5.32 Å². The van der Waals surface area contributed by atoms with E-state index in [4.69, 9.17) is 4.42 Å². The molecule has 0 aliphatic carbocycles. The molecule has 0 unspecified atom stereocenters. The average molecular weight is 201 g/mol. The van der Waals surface area contributed by atoms with Gasteiger partial charge in [-0.3, -0.25) is 4.79 Å². The van der Waals surface area contributed by atoms with Gasteiger partial charge in [0.1, 0.15) is 0 Å². The van der Waals surface area contributed by atoms with Crippen LogP contribution in [0.15, 0.2) is 47.1 Å². The molecule has 1 amide bonds. The Hall–Kier alpha value is -2.03. The number of nitrogens with one attached hydrogen (secondary N) is 1. The quantitative estimate of drug-likeness (QED) is 0.811. The minimum absolute atomic E-state index is 0.233. The van der Waals surface area contributed by atoms with Gasteiger partial charge in [0.15, 0.2) is 5.76 Å². The van der Waals surface area contributed by atoms with Crippen molar-refractivity contribution in [3.05, 3.63) is 54.0 Å². The third kappa shape index (κ3) is 2.26. The molecule has 0 bridgehead atoms. The largest absolute Gasteiger partial charge is 0.459 e. The fourth-order valence-electron chi connectivity index (χ4n) is 1.24. The lowest BCUT2D eigenvalue weighted by Gasteiger charge is -2.02. The van der Waals surface area contributed by atoms with Gasteiger partial charge in [0.25, 0.3) is 5.91 Å². The third-order valence-electron chi connectivity index (χ3n) is 2.05. The molecule has 0 spiro atoms. The summed E-state index contributed by atoms with van der Waals surface area (Å²) in [6.07, 6.45) is 1.48. The third-order valence-corrected chi connectivity index (χ3v) is 2.05. The SMILES string of the molecule is Cc1ccc(NC(=O)c2ccco2)cc1. The van der Waals surface area contributed by atoms with E-state index in [1.165, 1.54) is 6.26 Å². The molecule has 1 aromatic carbocycles. The molecule has 1 N–H and O–H groups in total. The van der Waals surface area contributed by atoms with Gasteiger partial charge in [0, 0.05) is 5.69 Å². The number of hydrogen-bond donors (Lipinski definition) is 1. The van der Waals surface area contributed by atoms with Gasteiger partial charge in [-0.2, -0.15) is 0 Å². The fraction of sp³-hybridized carbons (Fsp3) is 0.0833. The van der Waals surface area contributed by atoms with Gasteiger partial charge in [-0.15, -0.1) is 0 Å². The first kappa shape index (κ1) is 9.52. The predicted molar refractivity (Wildman–Crippen MR) is 57.8 cm³/mol. The highest BCUT2D eigenvalue weighted by Gasteiger charge is 2.07. The number of amides is 1. The van der Waals surface area contributed by atoms with Crippen LogP contribution in [0.2, 0.25) is 0 Å². The number of rotatable bonds is 2. The van der Waals surface area contributed by atoms with Gasteiger partial charge in [0.2, 0.25) is 0 Å². The van der Waals surface area contributed by atoms with E-state index in [-0.39, 0.29) is 5.91 Å². The summed E-state index contributed by atoms with van der Waals surface area (Å²) in [5, 5.41) is 2.74. The monoisotopic (exact) mass is 201 g/mol. The van der Waals surface area contributed by atoms with E-state index >= 15 is 0 Å². The van der Waals surface area contributed by atoms with Gasteiger partial charge in [0.05, 0.1) is 6.26 Å². The Labute approximate surface area is 87.7 Å². The molecule has 2 rings (SSSR count). The zero-order valence-electron chi connectivity index (χ0n) is 8.36. The maximum atomic E-state index is 11.6. The second kappa shape index (κ2) is 4.00. The molecule has 76 valence electrons. The first-order chi connectivity index (χ1) is 7.25. The van der Waals surface area contributed by atoms with E-state index in [1.54, 1.807) is 12.1 Å². The van der Waals surface area contributed by atoms with E-state index in [0.717, 1.165) is 11.3 Å². The maximum Gasteiger partial charge on any atom is 0.291 e. The van der Waals surface area contributed by atoms with Crippen LogP contribution in [-0.2, 0) is 0 Å². The fourth-order valence-corrected chi connectivity index (χ4v) is 1.24. The smallest absolute Gasteiger partial charge is 0.291 e. The van der Waals surface area contributed by atoms with Crippen LogP contribution < -0.4 is 5.32 Å². The first-order valence-corrected chi connectivity index (χ1v) is 4.67. The van der Waals surface area contributed by atoms with Crippen molar-refractivity contribution in [1.29, 1.82) is 0 Å². The summed E-state index contributed by atoms with van der Waals surface area (Å²) < 4.78 is 4.98. The molecule has 0 saturated heterocycles. The standard InChI is InChI=1S/C12H11NO2/c1-9-4-6-10(7-5-9)13-12(14)11-3-2-8-15-11/h2-8H,1H3,(H,13,14). The van der Waals surface area contributed by atoms with Gasteiger partial charge in [-0.25, -0.2) is 0 Å². The second-order valence-corrected chi connectivity index (χ2v) is 3.30. The minimum atomic E-state index is -0.233. The van der Waals surface area contributed by atoms with E-state index < -0.39 is 0 Å². The van der Waals surface area contributed by atoms with Crippen molar-refractivity contribution < 1.29 is 9.21 Å². The van der Waals surface area contributed by atoms with Crippen molar-refractivity contribution in [3.63, 3.8) is 0 Å². The summed E-state index contributed by atoms with van der Waals surface area (Å²) in [5.41, 5.74) is 1.92. The molecule has 2 aromatic rings. The van der Waals surface area contributed by atoms with Gasteiger partial charge >= 0.3 is 0 Å². The Morgan fingerprint density at radius 1 is 1.20 bits per heavy atom. The molecule has 0 aliphatic rings. The van der Waals surface area contributed by atoms with Gasteiger partial charge < -0.3 is 9.73 Å². The number of carbonyl (C=O) groups excluding carboxylic acids is 1. The van der Waals surface area contributed by atoms with Gasteiger partial charge in [-0.1, -0.05) is 17.7 Å². The van der Waals surface area contributed by atoms with Crippen molar-refractivity contribution >= 4 is 11.6 Å². The summed E-state index contributed by atoms with van der Waals surface area (Å²) >= 11 is 0. The van der Waals surface area contributed by atoms with Gasteiger partial charge in [-0.05, 0) is 31.2 Å². The number of benzene rings is 1. The number of aryl methyl sites for hydroxylation is 1. The Morgan fingerprint density at radius 2 is 1.93 bits per heavy atom. The topological polar surface area (TPSA) is 42.2 Å². The van der Waals surface area contributed by atoms with Crippen LogP contribution in [-0.4, -0.2) is 5.91 Å².